The Labute approximate surface area is 192 Å². The van der Waals surface area contributed by atoms with Crippen molar-refractivity contribution in [1.82, 2.24) is 19.5 Å². The van der Waals surface area contributed by atoms with Gasteiger partial charge in [0.05, 0.1) is 30.1 Å². The summed E-state index contributed by atoms with van der Waals surface area (Å²) in [5.41, 5.74) is 2.76. The zero-order chi connectivity index (χ0) is 23.4. The second kappa shape index (κ2) is 9.88. The third kappa shape index (κ3) is 4.91. The summed E-state index contributed by atoms with van der Waals surface area (Å²) in [5.74, 6) is 1.98. The van der Waals surface area contributed by atoms with Crippen LogP contribution in [0.4, 0.5) is 5.82 Å². The van der Waals surface area contributed by atoms with E-state index in [9.17, 15) is 10.1 Å². The Hall–Kier alpha value is -3.64. The van der Waals surface area contributed by atoms with E-state index in [1.807, 2.05) is 23.1 Å². The lowest BCUT2D eigenvalue weighted by molar-refractivity contribution is -0.132. The van der Waals surface area contributed by atoms with Crippen molar-refractivity contribution < 1.29 is 14.6 Å². The molecule has 9 nitrogen and oxygen atoms in total. The minimum atomic E-state index is -0.0947. The highest BCUT2D eigenvalue weighted by Gasteiger charge is 2.22. The number of aromatic nitrogens is 3. The molecular formula is C24H28N6O3. The van der Waals surface area contributed by atoms with Gasteiger partial charge in [-0.1, -0.05) is 13.8 Å². The Morgan fingerprint density at radius 3 is 2.67 bits per heavy atom. The molecule has 9 heteroatoms. The highest BCUT2D eigenvalue weighted by atomic mass is 16.5. The molecule has 1 aliphatic heterocycles. The predicted octanol–water partition coefficient (Wildman–Crippen LogP) is 2.33. The van der Waals surface area contributed by atoms with Crippen LogP contribution in [0, 0.1) is 17.2 Å². The molecule has 0 unspecified atom stereocenters. The molecule has 0 saturated carbocycles. The third-order valence-corrected chi connectivity index (χ3v) is 5.67. The van der Waals surface area contributed by atoms with E-state index >= 15 is 0 Å². The molecule has 33 heavy (non-hydrogen) atoms. The van der Waals surface area contributed by atoms with Crippen molar-refractivity contribution in [3.63, 3.8) is 0 Å². The van der Waals surface area contributed by atoms with Crippen molar-refractivity contribution in [1.29, 1.82) is 5.26 Å². The fourth-order valence-electron chi connectivity index (χ4n) is 4.04. The number of amides is 1. The molecule has 0 bridgehead atoms. The van der Waals surface area contributed by atoms with Crippen LogP contribution in [0.15, 0.2) is 36.8 Å². The number of piperazine rings is 1. The molecule has 4 rings (SSSR count). The van der Waals surface area contributed by atoms with E-state index in [0.29, 0.717) is 42.3 Å². The van der Waals surface area contributed by atoms with Crippen LogP contribution in [0.1, 0.15) is 25.8 Å². The van der Waals surface area contributed by atoms with E-state index in [1.165, 1.54) is 6.20 Å². The number of anilines is 1. The number of pyridine rings is 2. The number of rotatable bonds is 7. The molecule has 0 spiro atoms. The molecule has 1 fully saturated rings. The minimum Gasteiger partial charge on any atom is -0.490 e. The molecule has 1 aliphatic rings. The lowest BCUT2D eigenvalue weighted by atomic mass is 10.1. The van der Waals surface area contributed by atoms with E-state index in [-0.39, 0.29) is 19.1 Å². The van der Waals surface area contributed by atoms with Crippen LogP contribution in [0.5, 0.6) is 5.75 Å². The molecule has 172 valence electrons. The van der Waals surface area contributed by atoms with Gasteiger partial charge in [-0.2, -0.15) is 10.4 Å². The molecule has 1 N–H and O–H groups in total. The molecule has 0 atom stereocenters. The summed E-state index contributed by atoms with van der Waals surface area (Å²) < 4.78 is 7.20. The topological polar surface area (TPSA) is 107 Å². The first kappa shape index (κ1) is 22.6. The summed E-state index contributed by atoms with van der Waals surface area (Å²) in [5, 5.41) is 22.9. The first-order chi connectivity index (χ1) is 16.0. The van der Waals surface area contributed by atoms with E-state index in [4.69, 9.17) is 9.84 Å². The predicted molar refractivity (Wildman–Crippen MR) is 124 cm³/mol. The zero-order valence-electron chi connectivity index (χ0n) is 18.9. The van der Waals surface area contributed by atoms with Crippen molar-refractivity contribution in [2.24, 2.45) is 5.92 Å². The minimum absolute atomic E-state index is 0.0947. The normalized spacial score (nSPS) is 14.0. The maximum Gasteiger partial charge on any atom is 0.222 e. The summed E-state index contributed by atoms with van der Waals surface area (Å²) in [7, 11) is 0. The van der Waals surface area contributed by atoms with Gasteiger partial charge in [0.15, 0.2) is 0 Å². The van der Waals surface area contributed by atoms with Crippen LogP contribution in [-0.2, 0) is 4.79 Å². The van der Waals surface area contributed by atoms with Crippen LogP contribution < -0.4 is 9.64 Å². The molecule has 1 saturated heterocycles. The average Bonchev–Trinajstić information content (AvgIpc) is 3.25. The van der Waals surface area contributed by atoms with Gasteiger partial charge < -0.3 is 19.6 Å². The van der Waals surface area contributed by atoms with Crippen LogP contribution in [0.25, 0.3) is 16.6 Å². The molecule has 4 heterocycles. The first-order valence-electron chi connectivity index (χ1n) is 11.1. The van der Waals surface area contributed by atoms with Gasteiger partial charge in [-0.15, -0.1) is 0 Å². The van der Waals surface area contributed by atoms with Crippen LogP contribution >= 0.6 is 0 Å². The largest absolute Gasteiger partial charge is 0.490 e. The molecule has 0 aromatic carbocycles. The fourth-order valence-corrected chi connectivity index (χ4v) is 4.04. The first-order valence-corrected chi connectivity index (χ1v) is 11.1. The second-order valence-electron chi connectivity index (χ2n) is 8.50. The van der Waals surface area contributed by atoms with Crippen molar-refractivity contribution in [3.8, 4) is 22.9 Å². The number of aliphatic hydroxyl groups excluding tert-OH is 1. The standard InChI is InChI=1S/C24H28N6O3/c1-17(2)11-23(32)29-7-5-28(6-8-29)22-4-3-18(14-26-22)21-12-20(33-10-9-31)16-30-24(21)19(13-25)15-27-30/h3-4,12,14-17,31H,5-11H2,1-2H3. The van der Waals surface area contributed by atoms with Crippen molar-refractivity contribution in [2.75, 3.05) is 44.3 Å². The molecule has 0 aliphatic carbocycles. The highest BCUT2D eigenvalue weighted by Crippen LogP contribution is 2.31. The molecule has 0 radical (unpaired) electrons. The van der Waals surface area contributed by atoms with Gasteiger partial charge in [-0.25, -0.2) is 9.50 Å². The fraction of sp³-hybridized carbons (Fsp3) is 0.417. The van der Waals surface area contributed by atoms with Crippen LogP contribution in [0.2, 0.25) is 0 Å². The van der Waals surface area contributed by atoms with Gasteiger partial charge >= 0.3 is 0 Å². The maximum atomic E-state index is 12.3. The number of hydrogen-bond donors (Lipinski definition) is 1. The van der Waals surface area contributed by atoms with Crippen molar-refractivity contribution in [3.05, 3.63) is 42.4 Å². The number of hydrogen-bond acceptors (Lipinski definition) is 7. The summed E-state index contributed by atoms with van der Waals surface area (Å²) in [6.07, 6.45) is 5.58. The Balaban J connectivity index is 1.54. The quantitative estimate of drug-likeness (QED) is 0.591. The molecule has 3 aromatic rings. The number of fused-ring (bicyclic) bond motifs is 1. The summed E-state index contributed by atoms with van der Waals surface area (Å²) in [4.78, 5) is 21.1. The van der Waals surface area contributed by atoms with Crippen LogP contribution in [-0.4, -0.2) is 69.9 Å². The van der Waals surface area contributed by atoms with Crippen molar-refractivity contribution >= 4 is 17.2 Å². The Kier molecular flexibility index (Phi) is 6.75. The van der Waals surface area contributed by atoms with Gasteiger partial charge in [0.2, 0.25) is 5.91 Å². The lowest BCUT2D eigenvalue weighted by Gasteiger charge is -2.35. The lowest BCUT2D eigenvalue weighted by Crippen LogP contribution is -2.49. The SMILES string of the molecule is CC(C)CC(=O)N1CCN(c2ccc(-c3cc(OCCO)cn4ncc(C#N)c34)cn2)CC1. The summed E-state index contributed by atoms with van der Waals surface area (Å²) >= 11 is 0. The smallest absolute Gasteiger partial charge is 0.222 e. The second-order valence-corrected chi connectivity index (χ2v) is 8.50. The average molecular weight is 449 g/mol. The number of ether oxygens (including phenoxy) is 1. The monoisotopic (exact) mass is 448 g/mol. The number of nitriles is 1. The van der Waals surface area contributed by atoms with E-state index in [0.717, 1.165) is 30.0 Å². The Morgan fingerprint density at radius 1 is 1.24 bits per heavy atom. The number of carbonyl (C=O) groups excluding carboxylic acids is 1. The number of aliphatic hydroxyl groups is 1. The van der Waals surface area contributed by atoms with Gasteiger partial charge in [0.1, 0.15) is 24.2 Å². The Morgan fingerprint density at radius 2 is 2.03 bits per heavy atom. The van der Waals surface area contributed by atoms with E-state index < -0.39 is 0 Å². The van der Waals surface area contributed by atoms with E-state index in [1.54, 1.807) is 16.9 Å². The highest BCUT2D eigenvalue weighted by molar-refractivity contribution is 5.85. The van der Waals surface area contributed by atoms with Gasteiger partial charge in [0, 0.05) is 49.9 Å². The van der Waals surface area contributed by atoms with E-state index in [2.05, 4.69) is 34.9 Å². The van der Waals surface area contributed by atoms with Gasteiger partial charge in [-0.3, -0.25) is 4.79 Å². The number of nitrogens with zero attached hydrogens (tertiary/aromatic N) is 6. The van der Waals surface area contributed by atoms with Gasteiger partial charge in [0.25, 0.3) is 0 Å². The van der Waals surface area contributed by atoms with Crippen molar-refractivity contribution in [2.45, 2.75) is 20.3 Å². The third-order valence-electron chi connectivity index (χ3n) is 5.67. The Bertz CT molecular complexity index is 1160. The molecule has 3 aromatic heterocycles. The molecule has 1 amide bonds. The maximum absolute atomic E-state index is 12.3. The zero-order valence-corrected chi connectivity index (χ0v) is 18.9. The summed E-state index contributed by atoms with van der Waals surface area (Å²) in [6.45, 7) is 7.07. The number of carbonyl (C=O) groups is 1. The molecular weight excluding hydrogens is 420 g/mol. The van der Waals surface area contributed by atoms with Gasteiger partial charge in [-0.05, 0) is 24.1 Å². The van der Waals surface area contributed by atoms with Crippen LogP contribution in [0.3, 0.4) is 0 Å². The summed E-state index contributed by atoms with van der Waals surface area (Å²) in [6, 6.07) is 7.95.